The fraction of sp³-hybridized carbons (Fsp3) is 0.571. The molecule has 0 aromatic rings. The van der Waals surface area contributed by atoms with Crippen LogP contribution in [0.15, 0.2) is 12.7 Å². The molecule has 0 saturated carbocycles. The van der Waals surface area contributed by atoms with Gasteiger partial charge in [-0.05, 0) is 13.8 Å². The number of rotatable bonds is 4. The van der Waals surface area contributed by atoms with Gasteiger partial charge in [-0.2, -0.15) is 0 Å². The van der Waals surface area contributed by atoms with E-state index in [2.05, 4.69) is 11.9 Å². The second-order valence-electron chi connectivity index (χ2n) is 2.25. The van der Waals surface area contributed by atoms with Gasteiger partial charge in [-0.25, -0.2) is 0 Å². The first-order valence-electron chi connectivity index (χ1n) is 3.19. The van der Waals surface area contributed by atoms with Crippen LogP contribution in [-0.4, -0.2) is 23.2 Å². The van der Waals surface area contributed by atoms with E-state index in [1.807, 2.05) is 6.92 Å². The summed E-state index contributed by atoms with van der Waals surface area (Å²) in [7, 11) is 0. The third kappa shape index (κ3) is 3.25. The second kappa shape index (κ2) is 4.06. The van der Waals surface area contributed by atoms with Crippen LogP contribution >= 0.6 is 0 Å². The molecule has 0 aromatic carbocycles. The highest BCUT2D eigenvalue weighted by atomic mass is 16.4. The van der Waals surface area contributed by atoms with Crippen molar-refractivity contribution in [1.29, 1.82) is 0 Å². The lowest BCUT2D eigenvalue weighted by Crippen LogP contribution is -2.38. The average molecular weight is 143 g/mol. The third-order valence-corrected chi connectivity index (χ3v) is 1.24. The van der Waals surface area contributed by atoms with Crippen molar-refractivity contribution < 1.29 is 9.90 Å². The van der Waals surface area contributed by atoms with Gasteiger partial charge < -0.3 is 5.11 Å². The molecule has 0 aliphatic heterocycles. The van der Waals surface area contributed by atoms with E-state index < -0.39 is 12.0 Å². The molecule has 3 nitrogen and oxygen atoms in total. The van der Waals surface area contributed by atoms with Crippen LogP contribution in [0.2, 0.25) is 0 Å². The normalized spacial score (nSPS) is 15.8. The van der Waals surface area contributed by atoms with E-state index in [1.54, 1.807) is 13.0 Å². The standard InChI is InChI=1S/C7H13NO2/c1-4-5(2)8-6(3)7(9)10/h4-6,8H,1H2,2-3H3,(H,9,10)/t5?,6-/m1/s1. The number of carboxylic acids is 1. The average Bonchev–Trinajstić information content (AvgIpc) is 1.87. The van der Waals surface area contributed by atoms with E-state index in [0.29, 0.717) is 0 Å². The molecular formula is C7H13NO2. The van der Waals surface area contributed by atoms with Gasteiger partial charge in [-0.3, -0.25) is 10.1 Å². The minimum Gasteiger partial charge on any atom is -0.480 e. The molecule has 0 rings (SSSR count). The van der Waals surface area contributed by atoms with Crippen molar-refractivity contribution in [3.63, 3.8) is 0 Å². The molecule has 0 heterocycles. The zero-order chi connectivity index (χ0) is 8.15. The highest BCUT2D eigenvalue weighted by molar-refractivity contribution is 5.72. The monoisotopic (exact) mass is 143 g/mol. The van der Waals surface area contributed by atoms with Crippen molar-refractivity contribution in [1.82, 2.24) is 5.32 Å². The zero-order valence-corrected chi connectivity index (χ0v) is 6.29. The number of hydrogen-bond acceptors (Lipinski definition) is 2. The van der Waals surface area contributed by atoms with Gasteiger partial charge >= 0.3 is 5.97 Å². The van der Waals surface area contributed by atoms with Crippen molar-refractivity contribution in [2.75, 3.05) is 0 Å². The Morgan fingerprint density at radius 2 is 2.20 bits per heavy atom. The van der Waals surface area contributed by atoms with Gasteiger partial charge in [0, 0.05) is 6.04 Å². The summed E-state index contributed by atoms with van der Waals surface area (Å²) in [5.41, 5.74) is 0. The van der Waals surface area contributed by atoms with E-state index in [4.69, 9.17) is 5.11 Å². The van der Waals surface area contributed by atoms with Crippen molar-refractivity contribution >= 4 is 5.97 Å². The molecule has 1 unspecified atom stereocenters. The van der Waals surface area contributed by atoms with E-state index in [9.17, 15) is 4.79 Å². The Labute approximate surface area is 60.7 Å². The number of nitrogens with one attached hydrogen (secondary N) is 1. The third-order valence-electron chi connectivity index (χ3n) is 1.24. The van der Waals surface area contributed by atoms with Gasteiger partial charge in [0.25, 0.3) is 0 Å². The smallest absolute Gasteiger partial charge is 0.320 e. The van der Waals surface area contributed by atoms with Gasteiger partial charge in [-0.15, -0.1) is 6.58 Å². The van der Waals surface area contributed by atoms with Crippen LogP contribution in [0, 0.1) is 0 Å². The van der Waals surface area contributed by atoms with E-state index in [1.165, 1.54) is 0 Å². The van der Waals surface area contributed by atoms with E-state index >= 15 is 0 Å². The fourth-order valence-electron chi connectivity index (χ4n) is 0.534. The van der Waals surface area contributed by atoms with Crippen molar-refractivity contribution in [3.05, 3.63) is 12.7 Å². The van der Waals surface area contributed by atoms with Crippen molar-refractivity contribution in [2.24, 2.45) is 0 Å². The fourth-order valence-corrected chi connectivity index (χ4v) is 0.534. The van der Waals surface area contributed by atoms with Gasteiger partial charge in [0.1, 0.15) is 6.04 Å². The summed E-state index contributed by atoms with van der Waals surface area (Å²) in [6.07, 6.45) is 1.67. The highest BCUT2D eigenvalue weighted by Gasteiger charge is 2.10. The summed E-state index contributed by atoms with van der Waals surface area (Å²) in [5.74, 6) is -0.839. The summed E-state index contributed by atoms with van der Waals surface area (Å²) >= 11 is 0. The van der Waals surface area contributed by atoms with Gasteiger partial charge in [-0.1, -0.05) is 6.08 Å². The van der Waals surface area contributed by atoms with Gasteiger partial charge in [0.05, 0.1) is 0 Å². The molecule has 0 aliphatic carbocycles. The lowest BCUT2D eigenvalue weighted by atomic mass is 10.2. The first kappa shape index (κ1) is 9.17. The van der Waals surface area contributed by atoms with Crippen LogP contribution in [0.4, 0.5) is 0 Å². The maximum atomic E-state index is 10.3. The zero-order valence-electron chi connectivity index (χ0n) is 6.29. The van der Waals surface area contributed by atoms with Crippen LogP contribution in [0.5, 0.6) is 0 Å². The molecule has 0 saturated heterocycles. The van der Waals surface area contributed by atoms with Gasteiger partial charge in [0.2, 0.25) is 0 Å². The maximum absolute atomic E-state index is 10.3. The van der Waals surface area contributed by atoms with E-state index in [0.717, 1.165) is 0 Å². The predicted molar refractivity (Wildman–Crippen MR) is 39.9 cm³/mol. The molecule has 2 N–H and O–H groups in total. The molecule has 0 amide bonds. The second-order valence-corrected chi connectivity index (χ2v) is 2.25. The van der Waals surface area contributed by atoms with Crippen molar-refractivity contribution in [2.45, 2.75) is 25.9 Å². The van der Waals surface area contributed by atoms with Crippen molar-refractivity contribution in [3.8, 4) is 0 Å². The first-order chi connectivity index (χ1) is 4.57. The predicted octanol–water partition coefficient (Wildman–Crippen LogP) is 0.624. The summed E-state index contributed by atoms with van der Waals surface area (Å²) in [6, 6.07) is -0.459. The summed E-state index contributed by atoms with van der Waals surface area (Å²) in [4.78, 5) is 10.3. The van der Waals surface area contributed by atoms with E-state index in [-0.39, 0.29) is 6.04 Å². The molecule has 0 bridgehead atoms. The maximum Gasteiger partial charge on any atom is 0.320 e. The van der Waals surface area contributed by atoms with Crippen LogP contribution in [-0.2, 0) is 4.79 Å². The van der Waals surface area contributed by atoms with Gasteiger partial charge in [0.15, 0.2) is 0 Å². The molecule has 3 heteroatoms. The highest BCUT2D eigenvalue weighted by Crippen LogP contribution is 1.87. The molecule has 0 fully saturated rings. The Morgan fingerprint density at radius 1 is 1.70 bits per heavy atom. The minimum atomic E-state index is -0.839. The van der Waals surface area contributed by atoms with Crippen LogP contribution in [0.1, 0.15) is 13.8 Å². The lowest BCUT2D eigenvalue weighted by Gasteiger charge is -2.12. The Morgan fingerprint density at radius 3 is 2.50 bits per heavy atom. The Bertz CT molecular complexity index is 134. The SMILES string of the molecule is C=CC(C)N[C@H](C)C(=O)O. The van der Waals surface area contributed by atoms with Crippen LogP contribution in [0.3, 0.4) is 0 Å². The molecule has 2 atom stereocenters. The molecular weight excluding hydrogens is 130 g/mol. The number of carboxylic acid groups (broad SMARTS) is 1. The number of hydrogen-bond donors (Lipinski definition) is 2. The molecule has 10 heavy (non-hydrogen) atoms. The molecule has 0 radical (unpaired) electrons. The first-order valence-corrected chi connectivity index (χ1v) is 3.19. The number of aliphatic carboxylic acids is 1. The van der Waals surface area contributed by atoms with Crippen LogP contribution < -0.4 is 5.32 Å². The lowest BCUT2D eigenvalue weighted by molar-refractivity contribution is -0.139. The molecule has 58 valence electrons. The summed E-state index contributed by atoms with van der Waals surface area (Å²) < 4.78 is 0. The number of carbonyl (C=O) groups is 1. The Balaban J connectivity index is 3.67. The molecule has 0 spiro atoms. The Hall–Kier alpha value is -0.830. The summed E-state index contributed by atoms with van der Waals surface area (Å²) in [6.45, 7) is 6.97. The molecule has 0 aromatic heterocycles. The molecule has 0 aliphatic rings. The minimum absolute atomic E-state index is 0.0473. The summed E-state index contributed by atoms with van der Waals surface area (Å²) in [5, 5.41) is 11.2. The largest absolute Gasteiger partial charge is 0.480 e. The quantitative estimate of drug-likeness (QED) is 0.567. The van der Waals surface area contributed by atoms with Crippen LogP contribution in [0.25, 0.3) is 0 Å². The topological polar surface area (TPSA) is 49.3 Å². The Kier molecular flexibility index (Phi) is 3.72.